The summed E-state index contributed by atoms with van der Waals surface area (Å²) in [6.45, 7) is 14.5. The van der Waals surface area contributed by atoms with Crippen LogP contribution in [0, 0.1) is 5.92 Å². The van der Waals surface area contributed by atoms with Gasteiger partial charge in [0.15, 0.2) is 0 Å². The summed E-state index contributed by atoms with van der Waals surface area (Å²) in [5, 5.41) is 0. The van der Waals surface area contributed by atoms with Gasteiger partial charge in [-0.3, -0.25) is 4.79 Å². The van der Waals surface area contributed by atoms with E-state index in [0.717, 1.165) is 32.1 Å². The van der Waals surface area contributed by atoms with Gasteiger partial charge in [-0.05, 0) is 33.6 Å². The number of nitrogens with zero attached hydrogens (tertiary/aromatic N) is 1. The van der Waals surface area contributed by atoms with Crippen molar-refractivity contribution in [3.8, 4) is 0 Å². The molecular weight excluding hydrogens is 262 g/mol. The van der Waals surface area contributed by atoms with Crippen LogP contribution in [-0.2, 0) is 4.79 Å². The van der Waals surface area contributed by atoms with Gasteiger partial charge in [0, 0.05) is 25.9 Å². The number of amides is 1. The number of piperidine rings is 2. The summed E-state index contributed by atoms with van der Waals surface area (Å²) in [6.07, 6.45) is 5.04. The molecule has 21 heavy (non-hydrogen) atoms. The Morgan fingerprint density at radius 3 is 2.29 bits per heavy atom. The molecule has 2 aliphatic rings. The first-order valence-corrected chi connectivity index (χ1v) is 9.16. The van der Waals surface area contributed by atoms with Crippen LogP contribution in [0.5, 0.6) is 0 Å². The van der Waals surface area contributed by atoms with E-state index in [9.17, 15) is 4.79 Å². The summed E-state index contributed by atoms with van der Waals surface area (Å²) in [7, 11) is 0. The van der Waals surface area contributed by atoms with Gasteiger partial charge in [0.25, 0.3) is 0 Å². The molecule has 1 unspecified atom stereocenters. The molecule has 0 saturated carbocycles. The SMILES string of the molecule is CCN(CC)C(=O)[C@H]1CCC[NH+](C2CC[NH+](CC)CC2)C1. The van der Waals surface area contributed by atoms with Gasteiger partial charge < -0.3 is 14.7 Å². The minimum absolute atomic E-state index is 0.283. The van der Waals surface area contributed by atoms with Crippen molar-refractivity contribution in [1.29, 1.82) is 0 Å². The zero-order valence-electron chi connectivity index (χ0n) is 14.3. The van der Waals surface area contributed by atoms with Crippen LogP contribution in [0.25, 0.3) is 0 Å². The van der Waals surface area contributed by atoms with E-state index in [0.29, 0.717) is 5.91 Å². The van der Waals surface area contributed by atoms with Gasteiger partial charge in [-0.2, -0.15) is 0 Å². The third-order valence-corrected chi connectivity index (χ3v) is 5.75. The molecule has 0 aromatic carbocycles. The lowest BCUT2D eigenvalue weighted by Gasteiger charge is -2.38. The van der Waals surface area contributed by atoms with Gasteiger partial charge in [0.2, 0.25) is 5.91 Å². The van der Waals surface area contributed by atoms with Crippen molar-refractivity contribution < 1.29 is 14.6 Å². The van der Waals surface area contributed by atoms with Crippen molar-refractivity contribution >= 4 is 5.91 Å². The maximum absolute atomic E-state index is 12.6. The molecule has 2 fully saturated rings. The summed E-state index contributed by atoms with van der Waals surface area (Å²) in [5.41, 5.74) is 0. The molecule has 2 saturated heterocycles. The number of hydrogen-bond donors (Lipinski definition) is 2. The molecule has 2 heterocycles. The molecule has 0 spiro atoms. The van der Waals surface area contributed by atoms with Crippen LogP contribution in [0.15, 0.2) is 0 Å². The number of nitrogens with one attached hydrogen (secondary N) is 2. The lowest BCUT2D eigenvalue weighted by Crippen LogP contribution is -3.21. The minimum Gasteiger partial charge on any atom is -0.343 e. The number of carbonyl (C=O) groups excluding carboxylic acids is 1. The zero-order valence-corrected chi connectivity index (χ0v) is 14.3. The van der Waals surface area contributed by atoms with E-state index in [1.807, 2.05) is 4.90 Å². The largest absolute Gasteiger partial charge is 0.343 e. The molecule has 4 nitrogen and oxygen atoms in total. The molecule has 2 atom stereocenters. The highest BCUT2D eigenvalue weighted by Crippen LogP contribution is 2.12. The number of quaternary nitrogens is 2. The molecule has 2 N–H and O–H groups in total. The van der Waals surface area contributed by atoms with Gasteiger partial charge in [-0.15, -0.1) is 0 Å². The minimum atomic E-state index is 0.283. The summed E-state index contributed by atoms with van der Waals surface area (Å²) < 4.78 is 0. The Bertz CT molecular complexity index is 322. The third-order valence-electron chi connectivity index (χ3n) is 5.75. The van der Waals surface area contributed by atoms with Crippen molar-refractivity contribution in [3.63, 3.8) is 0 Å². The Morgan fingerprint density at radius 1 is 1.05 bits per heavy atom. The second kappa shape index (κ2) is 8.14. The van der Waals surface area contributed by atoms with E-state index in [4.69, 9.17) is 0 Å². The van der Waals surface area contributed by atoms with Crippen LogP contribution in [0.1, 0.15) is 46.5 Å². The average Bonchev–Trinajstić information content (AvgIpc) is 2.56. The first-order valence-electron chi connectivity index (χ1n) is 9.16. The van der Waals surface area contributed by atoms with Crippen LogP contribution >= 0.6 is 0 Å². The van der Waals surface area contributed by atoms with E-state index < -0.39 is 0 Å². The predicted octanol–water partition coefficient (Wildman–Crippen LogP) is -0.783. The topological polar surface area (TPSA) is 29.2 Å². The first-order chi connectivity index (χ1) is 10.2. The molecule has 2 rings (SSSR count). The molecule has 0 aromatic heterocycles. The van der Waals surface area contributed by atoms with Crippen LogP contribution < -0.4 is 9.80 Å². The summed E-state index contributed by atoms with van der Waals surface area (Å²) >= 11 is 0. The number of hydrogen-bond acceptors (Lipinski definition) is 1. The van der Waals surface area contributed by atoms with Crippen molar-refractivity contribution in [3.05, 3.63) is 0 Å². The normalized spacial score (nSPS) is 33.7. The van der Waals surface area contributed by atoms with Crippen molar-refractivity contribution in [2.75, 3.05) is 45.8 Å². The third kappa shape index (κ3) is 4.19. The van der Waals surface area contributed by atoms with Crippen LogP contribution in [0.2, 0.25) is 0 Å². The molecule has 0 aliphatic carbocycles. The number of rotatable bonds is 5. The fraction of sp³-hybridized carbons (Fsp3) is 0.941. The molecule has 122 valence electrons. The van der Waals surface area contributed by atoms with Crippen molar-refractivity contribution in [2.24, 2.45) is 5.92 Å². The molecule has 4 heteroatoms. The van der Waals surface area contributed by atoms with Crippen LogP contribution in [-0.4, -0.2) is 62.7 Å². The van der Waals surface area contributed by atoms with Crippen LogP contribution in [0.3, 0.4) is 0 Å². The first kappa shape index (κ1) is 16.8. The van der Waals surface area contributed by atoms with E-state index in [1.165, 1.54) is 45.4 Å². The van der Waals surface area contributed by atoms with Gasteiger partial charge >= 0.3 is 0 Å². The lowest BCUT2D eigenvalue weighted by molar-refractivity contribution is -0.961. The Morgan fingerprint density at radius 2 is 1.71 bits per heavy atom. The highest BCUT2D eigenvalue weighted by atomic mass is 16.2. The van der Waals surface area contributed by atoms with E-state index in [2.05, 4.69) is 20.8 Å². The predicted molar refractivity (Wildman–Crippen MR) is 85.6 cm³/mol. The molecule has 0 bridgehead atoms. The highest BCUT2D eigenvalue weighted by Gasteiger charge is 2.36. The number of likely N-dealkylation sites (tertiary alicyclic amines) is 2. The van der Waals surface area contributed by atoms with E-state index >= 15 is 0 Å². The van der Waals surface area contributed by atoms with Crippen molar-refractivity contribution in [2.45, 2.75) is 52.5 Å². The van der Waals surface area contributed by atoms with Gasteiger partial charge in [0.05, 0.1) is 44.7 Å². The Hall–Kier alpha value is -0.610. The maximum atomic E-state index is 12.6. The Kier molecular flexibility index (Phi) is 6.49. The highest BCUT2D eigenvalue weighted by molar-refractivity contribution is 5.78. The second-order valence-corrected chi connectivity index (χ2v) is 6.84. The maximum Gasteiger partial charge on any atom is 0.231 e. The quantitative estimate of drug-likeness (QED) is 0.685. The Balaban J connectivity index is 1.87. The Labute approximate surface area is 130 Å². The smallest absolute Gasteiger partial charge is 0.231 e. The zero-order chi connectivity index (χ0) is 15.2. The fourth-order valence-electron chi connectivity index (χ4n) is 4.26. The second-order valence-electron chi connectivity index (χ2n) is 6.84. The summed E-state index contributed by atoms with van der Waals surface area (Å²) in [4.78, 5) is 18.1. The lowest BCUT2D eigenvalue weighted by atomic mass is 9.93. The van der Waals surface area contributed by atoms with Crippen molar-refractivity contribution in [1.82, 2.24) is 4.90 Å². The molecule has 0 aromatic rings. The summed E-state index contributed by atoms with van der Waals surface area (Å²) in [6, 6.07) is 0.813. The standard InChI is InChI=1S/C17H33N3O/c1-4-18-12-9-16(10-13-18)20-11-7-8-15(14-20)17(21)19(5-2)6-3/h15-16H,4-14H2,1-3H3/p+2/t15-/m0/s1. The van der Waals surface area contributed by atoms with Gasteiger partial charge in [0.1, 0.15) is 0 Å². The molecule has 2 aliphatic heterocycles. The van der Waals surface area contributed by atoms with Gasteiger partial charge in [-0.1, -0.05) is 0 Å². The number of carbonyl (C=O) groups is 1. The molecule has 0 radical (unpaired) electrons. The monoisotopic (exact) mass is 297 g/mol. The molecular formula is C17H35N3O+2. The van der Waals surface area contributed by atoms with Gasteiger partial charge in [-0.25, -0.2) is 0 Å². The summed E-state index contributed by atoms with van der Waals surface area (Å²) in [5.74, 6) is 0.694. The van der Waals surface area contributed by atoms with E-state index in [1.54, 1.807) is 9.80 Å². The molecule has 1 amide bonds. The van der Waals surface area contributed by atoms with E-state index in [-0.39, 0.29) is 5.92 Å². The fourth-order valence-corrected chi connectivity index (χ4v) is 4.26. The average molecular weight is 297 g/mol. The van der Waals surface area contributed by atoms with Crippen LogP contribution in [0.4, 0.5) is 0 Å².